The summed E-state index contributed by atoms with van der Waals surface area (Å²) in [4.78, 5) is 11.7. The van der Waals surface area contributed by atoms with Crippen LogP contribution in [0.2, 0.25) is 0 Å². The van der Waals surface area contributed by atoms with Crippen LogP contribution in [0.5, 0.6) is 0 Å². The maximum atomic E-state index is 11.7. The summed E-state index contributed by atoms with van der Waals surface area (Å²) in [6.07, 6.45) is 11.1. The van der Waals surface area contributed by atoms with Crippen LogP contribution in [-0.2, 0) is 4.79 Å². The van der Waals surface area contributed by atoms with E-state index in [9.17, 15) is 4.79 Å². The SMILES string of the molecule is CC1=CCC(C)(C)/C=C/C(=O)/C(C)=C\CC1. The molecular weight excluding hydrogens is 196 g/mol. The molecule has 0 N–H and O–H groups in total. The Hall–Kier alpha value is -1.11. The largest absolute Gasteiger partial charge is 0.290 e. The van der Waals surface area contributed by atoms with E-state index in [1.54, 1.807) is 6.08 Å². The van der Waals surface area contributed by atoms with E-state index >= 15 is 0 Å². The van der Waals surface area contributed by atoms with E-state index in [4.69, 9.17) is 0 Å². The van der Waals surface area contributed by atoms with E-state index in [-0.39, 0.29) is 11.2 Å². The van der Waals surface area contributed by atoms with Gasteiger partial charge in [-0.05, 0) is 50.2 Å². The first kappa shape index (κ1) is 13.0. The quantitative estimate of drug-likeness (QED) is 0.556. The molecule has 1 rings (SSSR count). The third-order valence-electron chi connectivity index (χ3n) is 3.04. The van der Waals surface area contributed by atoms with E-state index in [0.717, 1.165) is 24.8 Å². The average molecular weight is 218 g/mol. The van der Waals surface area contributed by atoms with E-state index in [1.807, 2.05) is 19.1 Å². The lowest BCUT2D eigenvalue weighted by atomic mass is 9.87. The van der Waals surface area contributed by atoms with Gasteiger partial charge < -0.3 is 0 Å². The maximum absolute atomic E-state index is 11.7. The third kappa shape index (κ3) is 4.18. The normalized spacial score (nSPS) is 27.4. The molecule has 0 aromatic carbocycles. The number of ketones is 1. The second-order valence-electron chi connectivity index (χ2n) is 5.37. The number of hydrogen-bond donors (Lipinski definition) is 0. The summed E-state index contributed by atoms with van der Waals surface area (Å²) >= 11 is 0. The van der Waals surface area contributed by atoms with Crippen LogP contribution in [0.3, 0.4) is 0 Å². The molecule has 0 saturated carbocycles. The summed E-state index contributed by atoms with van der Waals surface area (Å²) in [6.45, 7) is 8.40. The minimum Gasteiger partial charge on any atom is -0.290 e. The van der Waals surface area contributed by atoms with Crippen LogP contribution >= 0.6 is 0 Å². The van der Waals surface area contributed by atoms with Crippen molar-refractivity contribution >= 4 is 5.78 Å². The van der Waals surface area contributed by atoms with Gasteiger partial charge in [0.25, 0.3) is 0 Å². The number of carbonyl (C=O) groups excluding carboxylic acids is 1. The van der Waals surface area contributed by atoms with Crippen molar-refractivity contribution in [2.45, 2.75) is 47.0 Å². The molecule has 0 unspecified atom stereocenters. The lowest BCUT2D eigenvalue weighted by Gasteiger charge is -2.18. The highest BCUT2D eigenvalue weighted by molar-refractivity contribution is 6.03. The van der Waals surface area contributed by atoms with Gasteiger partial charge in [-0.15, -0.1) is 0 Å². The van der Waals surface area contributed by atoms with Crippen LogP contribution in [0, 0.1) is 5.41 Å². The summed E-state index contributed by atoms with van der Waals surface area (Å²) < 4.78 is 0. The smallest absolute Gasteiger partial charge is 0.180 e. The van der Waals surface area contributed by atoms with Crippen molar-refractivity contribution in [2.75, 3.05) is 0 Å². The molecule has 0 heterocycles. The zero-order chi connectivity index (χ0) is 12.2. The topological polar surface area (TPSA) is 17.1 Å². The van der Waals surface area contributed by atoms with E-state index < -0.39 is 0 Å². The minimum atomic E-state index is 0.0710. The fourth-order valence-corrected chi connectivity index (χ4v) is 1.66. The van der Waals surface area contributed by atoms with E-state index in [2.05, 4.69) is 26.8 Å². The van der Waals surface area contributed by atoms with Crippen LogP contribution in [0.1, 0.15) is 47.0 Å². The van der Waals surface area contributed by atoms with Crippen molar-refractivity contribution in [3.63, 3.8) is 0 Å². The molecule has 0 aromatic rings. The van der Waals surface area contributed by atoms with Gasteiger partial charge in [0.2, 0.25) is 0 Å². The summed E-state index contributed by atoms with van der Waals surface area (Å²) in [5.41, 5.74) is 2.35. The molecule has 0 atom stereocenters. The van der Waals surface area contributed by atoms with E-state index in [1.165, 1.54) is 5.57 Å². The van der Waals surface area contributed by atoms with Gasteiger partial charge in [-0.3, -0.25) is 4.79 Å². The molecule has 16 heavy (non-hydrogen) atoms. The van der Waals surface area contributed by atoms with Gasteiger partial charge in [-0.2, -0.15) is 0 Å². The van der Waals surface area contributed by atoms with Gasteiger partial charge in [0.15, 0.2) is 5.78 Å². The van der Waals surface area contributed by atoms with Gasteiger partial charge >= 0.3 is 0 Å². The van der Waals surface area contributed by atoms with Gasteiger partial charge in [0, 0.05) is 0 Å². The highest BCUT2D eigenvalue weighted by atomic mass is 16.1. The Morgan fingerprint density at radius 3 is 2.56 bits per heavy atom. The molecule has 0 radical (unpaired) electrons. The zero-order valence-electron chi connectivity index (χ0n) is 10.8. The number of hydrogen-bond acceptors (Lipinski definition) is 1. The monoisotopic (exact) mass is 218 g/mol. The molecule has 1 aliphatic carbocycles. The molecule has 0 fully saturated rings. The van der Waals surface area contributed by atoms with Crippen LogP contribution in [0.25, 0.3) is 0 Å². The second kappa shape index (κ2) is 5.29. The van der Waals surface area contributed by atoms with Crippen LogP contribution in [0.4, 0.5) is 0 Å². The van der Waals surface area contributed by atoms with Crippen molar-refractivity contribution < 1.29 is 4.79 Å². The zero-order valence-corrected chi connectivity index (χ0v) is 10.8. The Kier molecular flexibility index (Phi) is 4.28. The molecule has 0 bridgehead atoms. The van der Waals surface area contributed by atoms with Gasteiger partial charge in [0.1, 0.15) is 0 Å². The lowest BCUT2D eigenvalue weighted by Crippen LogP contribution is -2.07. The standard InChI is InChI=1S/C15H22O/c1-12-6-5-7-13(2)14(16)9-11-15(3,4)10-8-12/h7-9,11H,5-6,10H2,1-4H3/b11-9+,12-8?,13-7-. The Bertz CT molecular complexity index is 354. The highest BCUT2D eigenvalue weighted by Crippen LogP contribution is 2.25. The minimum absolute atomic E-state index is 0.0710. The Morgan fingerprint density at radius 2 is 1.88 bits per heavy atom. The first-order valence-electron chi connectivity index (χ1n) is 5.97. The van der Waals surface area contributed by atoms with Crippen molar-refractivity contribution in [2.24, 2.45) is 5.41 Å². The van der Waals surface area contributed by atoms with Crippen LogP contribution < -0.4 is 0 Å². The summed E-state index contributed by atoms with van der Waals surface area (Å²) in [7, 11) is 0. The van der Waals surface area contributed by atoms with Crippen molar-refractivity contribution in [1.29, 1.82) is 0 Å². The average Bonchev–Trinajstić information content (AvgIpc) is 2.23. The van der Waals surface area contributed by atoms with Gasteiger partial charge in [-0.1, -0.05) is 37.6 Å². The molecule has 0 saturated heterocycles. The molecule has 1 heteroatoms. The van der Waals surface area contributed by atoms with Gasteiger partial charge in [0.05, 0.1) is 0 Å². The summed E-state index contributed by atoms with van der Waals surface area (Å²) in [5.74, 6) is 0.146. The summed E-state index contributed by atoms with van der Waals surface area (Å²) in [6, 6.07) is 0. The summed E-state index contributed by atoms with van der Waals surface area (Å²) in [5, 5.41) is 0. The van der Waals surface area contributed by atoms with Crippen LogP contribution in [0.15, 0.2) is 35.5 Å². The first-order chi connectivity index (χ1) is 7.41. The highest BCUT2D eigenvalue weighted by Gasteiger charge is 2.13. The molecular formula is C15H22O. The van der Waals surface area contributed by atoms with Gasteiger partial charge in [-0.25, -0.2) is 0 Å². The van der Waals surface area contributed by atoms with Crippen molar-refractivity contribution in [1.82, 2.24) is 0 Å². The number of carbonyl (C=O) groups is 1. The third-order valence-corrected chi connectivity index (χ3v) is 3.04. The molecule has 1 aliphatic rings. The fourth-order valence-electron chi connectivity index (χ4n) is 1.66. The molecule has 1 nitrogen and oxygen atoms in total. The van der Waals surface area contributed by atoms with Crippen molar-refractivity contribution in [3.05, 3.63) is 35.5 Å². The number of allylic oxidation sites excluding steroid dienone is 6. The van der Waals surface area contributed by atoms with Crippen molar-refractivity contribution in [3.8, 4) is 0 Å². The molecule has 0 spiro atoms. The lowest BCUT2D eigenvalue weighted by molar-refractivity contribution is -0.111. The Balaban J connectivity index is 2.95. The Morgan fingerprint density at radius 1 is 1.19 bits per heavy atom. The predicted octanol–water partition coefficient (Wildman–Crippen LogP) is 4.21. The second-order valence-corrected chi connectivity index (χ2v) is 5.37. The fraction of sp³-hybridized carbons (Fsp3) is 0.533. The molecule has 88 valence electrons. The Labute approximate surface area is 98.9 Å². The maximum Gasteiger partial charge on any atom is 0.180 e. The van der Waals surface area contributed by atoms with E-state index in [0.29, 0.717) is 0 Å². The first-order valence-corrected chi connectivity index (χ1v) is 5.97. The van der Waals surface area contributed by atoms with Crippen LogP contribution in [-0.4, -0.2) is 5.78 Å². The molecule has 0 aromatic heterocycles. The molecule has 0 aliphatic heterocycles. The number of rotatable bonds is 0. The molecule has 0 amide bonds. The predicted molar refractivity (Wildman–Crippen MR) is 69.3 cm³/mol.